The van der Waals surface area contributed by atoms with E-state index in [0.29, 0.717) is 30.2 Å². The van der Waals surface area contributed by atoms with Crippen LogP contribution in [0.1, 0.15) is 344 Å². The van der Waals surface area contributed by atoms with E-state index in [1.54, 1.807) is 5.57 Å². The molecule has 5 nitrogen and oxygen atoms in total. The molecule has 0 N–H and O–H groups in total. The second-order valence-corrected chi connectivity index (χ2v) is 28.3. The Morgan fingerprint density at radius 2 is 1.10 bits per heavy atom. The average molecular weight is 1080 g/mol. The lowest BCUT2D eigenvalue weighted by molar-refractivity contribution is -0.151. The third-order valence-corrected chi connectivity index (χ3v) is 21.9. The first-order valence-corrected chi connectivity index (χ1v) is 35.1. The smallest absolute Gasteiger partial charge is 0.306 e. The van der Waals surface area contributed by atoms with E-state index in [0.717, 1.165) is 106 Å². The Morgan fingerprint density at radius 3 is 1.62 bits per heavy atom. The van der Waals surface area contributed by atoms with Gasteiger partial charge in [-0.3, -0.25) is 9.59 Å². The third-order valence-electron chi connectivity index (χ3n) is 21.9. The molecule has 0 aliphatic heterocycles. The summed E-state index contributed by atoms with van der Waals surface area (Å²) in [7, 11) is 4.25. The molecule has 0 aromatic heterocycles. The normalized spacial score (nSPS) is 24.9. The van der Waals surface area contributed by atoms with Gasteiger partial charge in [0.05, 0.1) is 0 Å². The first-order chi connectivity index (χ1) is 37.3. The van der Waals surface area contributed by atoms with Crippen LogP contribution in [0.15, 0.2) is 11.6 Å². The fraction of sp³-hybridized carbons (Fsp3) is 0.944. The molecular formula is C72H134N2O3. The Balaban J connectivity index is 1.24. The van der Waals surface area contributed by atoms with E-state index in [4.69, 9.17) is 4.74 Å². The highest BCUT2D eigenvalue weighted by atomic mass is 16.5. The minimum absolute atomic E-state index is 0.00500. The Bertz CT molecular complexity index is 1520. The van der Waals surface area contributed by atoms with Gasteiger partial charge in [0, 0.05) is 31.8 Å². The summed E-state index contributed by atoms with van der Waals surface area (Å²) in [5.74, 6) is 6.28. The van der Waals surface area contributed by atoms with Crippen molar-refractivity contribution in [1.82, 2.24) is 9.80 Å². The van der Waals surface area contributed by atoms with Gasteiger partial charge >= 0.3 is 5.97 Å². The van der Waals surface area contributed by atoms with Crippen molar-refractivity contribution in [3.63, 3.8) is 0 Å². The number of esters is 1. The Kier molecular flexibility index (Phi) is 34.7. The molecule has 5 heteroatoms. The number of rotatable bonds is 46. The van der Waals surface area contributed by atoms with E-state index >= 15 is 0 Å². The molecule has 3 fully saturated rings. The Hall–Kier alpha value is -1.36. The first kappa shape index (κ1) is 68.1. The van der Waals surface area contributed by atoms with Gasteiger partial charge in [-0.2, -0.15) is 0 Å². The maximum Gasteiger partial charge on any atom is 0.306 e. The zero-order valence-corrected chi connectivity index (χ0v) is 53.6. The number of allylic oxidation sites excluding steroid dienone is 1. The predicted molar refractivity (Wildman–Crippen MR) is 334 cm³/mol. The van der Waals surface area contributed by atoms with E-state index in [-0.39, 0.29) is 17.5 Å². The van der Waals surface area contributed by atoms with Gasteiger partial charge in [0.25, 0.3) is 0 Å². The number of ether oxygens (including phenoxy) is 1. The highest BCUT2D eigenvalue weighted by molar-refractivity contribution is 5.76. The number of amides is 1. The maximum atomic E-state index is 14.2. The summed E-state index contributed by atoms with van der Waals surface area (Å²) in [4.78, 5) is 32.3. The van der Waals surface area contributed by atoms with Crippen LogP contribution in [0.5, 0.6) is 0 Å². The summed E-state index contributed by atoms with van der Waals surface area (Å²) in [5, 5.41) is 0. The molecular weight excluding hydrogens is 941 g/mol. The molecule has 3 saturated carbocycles. The van der Waals surface area contributed by atoms with Crippen LogP contribution in [0.3, 0.4) is 0 Å². The van der Waals surface area contributed by atoms with Crippen molar-refractivity contribution in [2.45, 2.75) is 356 Å². The molecule has 0 saturated heterocycles. The molecule has 9 atom stereocenters. The van der Waals surface area contributed by atoms with Crippen LogP contribution >= 0.6 is 0 Å². The second kappa shape index (κ2) is 39.2. The van der Waals surface area contributed by atoms with Crippen LogP contribution in [-0.4, -0.2) is 61.0 Å². The van der Waals surface area contributed by atoms with Gasteiger partial charge < -0.3 is 14.5 Å². The molecule has 77 heavy (non-hydrogen) atoms. The van der Waals surface area contributed by atoms with Crippen LogP contribution in [0.4, 0.5) is 0 Å². The Labute approximate surface area is 481 Å². The highest BCUT2D eigenvalue weighted by Gasteiger charge is 2.59. The van der Waals surface area contributed by atoms with Crippen molar-refractivity contribution < 1.29 is 14.3 Å². The minimum Gasteiger partial charge on any atom is -0.462 e. The molecule has 450 valence electrons. The minimum atomic E-state index is 0.00500. The third kappa shape index (κ3) is 24.2. The van der Waals surface area contributed by atoms with Crippen LogP contribution in [0, 0.1) is 52.3 Å². The highest BCUT2D eigenvalue weighted by Crippen LogP contribution is 2.67. The van der Waals surface area contributed by atoms with Gasteiger partial charge in [0.15, 0.2) is 0 Å². The number of hydrogen-bond donors (Lipinski definition) is 0. The number of fused-ring (bicyclic) bond motifs is 5. The van der Waals surface area contributed by atoms with E-state index < -0.39 is 0 Å². The average Bonchev–Trinajstić information content (AvgIpc) is 3.80. The molecule has 0 heterocycles. The molecule has 4 aliphatic rings. The summed E-state index contributed by atoms with van der Waals surface area (Å²) in [6.07, 6.45) is 59.9. The van der Waals surface area contributed by atoms with E-state index in [2.05, 4.69) is 85.4 Å². The fourth-order valence-corrected chi connectivity index (χ4v) is 16.8. The molecule has 0 spiro atoms. The number of hydrogen-bond acceptors (Lipinski definition) is 4. The summed E-state index contributed by atoms with van der Waals surface area (Å²) < 4.78 is 6.35. The molecule has 0 bridgehead atoms. The lowest BCUT2D eigenvalue weighted by atomic mass is 9.47. The predicted octanol–water partition coefficient (Wildman–Crippen LogP) is 21.6. The number of unbranched alkanes of at least 4 members (excludes halogenated alkanes) is 26. The van der Waals surface area contributed by atoms with Crippen molar-refractivity contribution in [2.75, 3.05) is 27.2 Å². The summed E-state index contributed by atoms with van der Waals surface area (Å²) in [5.41, 5.74) is 2.40. The van der Waals surface area contributed by atoms with Gasteiger partial charge in [-0.15, -0.1) is 0 Å². The van der Waals surface area contributed by atoms with Gasteiger partial charge in [-0.1, -0.05) is 253 Å². The standard InChI is InChI=1S/C72H134N2O3/c1-11-14-16-18-20-22-24-26-28-30-32-34-37-42-63(43-38-35-33-31-29-27-25-23-21-19-17-15-12-2)74(69(75)44-41-56-73(9)10)57-40-36-39-45-70(76)77-64-52-54-71(7)62(58-64)48-49-65-67-51-50-66(72(67,8)55-53-68(65)71)60(6)46-47-61(13-3)59(4)5/h48,59-61,63-68H,11-47,49-58H2,1-10H3. The maximum absolute atomic E-state index is 14.2. The quantitative estimate of drug-likeness (QED) is 0.0346. The molecule has 4 aliphatic carbocycles. The Morgan fingerprint density at radius 1 is 0.571 bits per heavy atom. The zero-order valence-electron chi connectivity index (χ0n) is 53.6. The lowest BCUT2D eigenvalue weighted by Gasteiger charge is -2.58. The van der Waals surface area contributed by atoms with Crippen molar-refractivity contribution in [2.24, 2.45) is 52.3 Å². The van der Waals surface area contributed by atoms with Gasteiger partial charge in [-0.05, 0) is 156 Å². The zero-order chi connectivity index (χ0) is 55.7. The van der Waals surface area contributed by atoms with E-state index in [9.17, 15) is 9.59 Å². The van der Waals surface area contributed by atoms with Crippen LogP contribution in [0.25, 0.3) is 0 Å². The number of nitrogens with zero attached hydrogens (tertiary/aromatic N) is 2. The summed E-state index contributed by atoms with van der Waals surface area (Å²) >= 11 is 0. The molecule has 0 radical (unpaired) electrons. The van der Waals surface area contributed by atoms with Crippen molar-refractivity contribution in [3.05, 3.63) is 11.6 Å². The molecule has 4 rings (SSSR count). The van der Waals surface area contributed by atoms with Crippen LogP contribution in [0.2, 0.25) is 0 Å². The van der Waals surface area contributed by atoms with Gasteiger partial charge in [0.2, 0.25) is 5.91 Å². The first-order valence-electron chi connectivity index (χ1n) is 35.1. The number of carbonyl (C=O) groups excluding carboxylic acids is 2. The van der Waals surface area contributed by atoms with Crippen molar-refractivity contribution in [1.29, 1.82) is 0 Å². The fourth-order valence-electron chi connectivity index (χ4n) is 16.8. The monoisotopic (exact) mass is 1080 g/mol. The van der Waals surface area contributed by atoms with Crippen LogP contribution in [-0.2, 0) is 14.3 Å². The second-order valence-electron chi connectivity index (χ2n) is 28.3. The topological polar surface area (TPSA) is 49.9 Å². The SMILES string of the molecule is CCCCCCCCCCCCCCCC(CCCCCCCCCCCCCCC)N(CCCCCC(=O)OC1CCC2(C)C(=CCC3C2CCC2(C)C(C(C)CCC(CC)C(C)C)CCC32)C1)C(=O)CCCN(C)C. The van der Waals surface area contributed by atoms with Gasteiger partial charge in [-0.25, -0.2) is 0 Å². The van der Waals surface area contributed by atoms with Crippen molar-refractivity contribution >= 4 is 11.9 Å². The van der Waals surface area contributed by atoms with Gasteiger partial charge in [0.1, 0.15) is 6.10 Å². The number of carbonyl (C=O) groups is 2. The summed E-state index contributed by atoms with van der Waals surface area (Å²) in [6.45, 7) is 21.6. The van der Waals surface area contributed by atoms with E-state index in [1.165, 1.54) is 225 Å². The summed E-state index contributed by atoms with van der Waals surface area (Å²) in [6, 6.07) is 0.351. The molecule has 9 unspecified atom stereocenters. The van der Waals surface area contributed by atoms with E-state index in [1.807, 2.05) is 0 Å². The molecule has 0 aromatic carbocycles. The molecule has 0 aromatic rings. The molecule has 1 amide bonds. The largest absolute Gasteiger partial charge is 0.462 e. The lowest BCUT2D eigenvalue weighted by Crippen LogP contribution is -2.51. The van der Waals surface area contributed by atoms with Crippen LogP contribution < -0.4 is 0 Å². The van der Waals surface area contributed by atoms with Crippen molar-refractivity contribution in [3.8, 4) is 0 Å².